The number of thioether (sulfide) groups is 1. The van der Waals surface area contributed by atoms with Gasteiger partial charge in [-0.05, 0) is 37.1 Å². The Labute approximate surface area is 106 Å². The van der Waals surface area contributed by atoms with E-state index in [4.69, 9.17) is 5.73 Å². The second-order valence-electron chi connectivity index (χ2n) is 4.39. The summed E-state index contributed by atoms with van der Waals surface area (Å²) in [6.07, 6.45) is 2.64. The maximum Gasteiger partial charge on any atom is 0.244 e. The third kappa shape index (κ3) is 2.64. The van der Waals surface area contributed by atoms with Crippen LogP contribution in [0.1, 0.15) is 26.2 Å². The molecule has 0 bridgehead atoms. The van der Waals surface area contributed by atoms with Crippen LogP contribution >= 0.6 is 11.8 Å². The molecule has 1 saturated carbocycles. The van der Waals surface area contributed by atoms with Gasteiger partial charge >= 0.3 is 0 Å². The summed E-state index contributed by atoms with van der Waals surface area (Å²) in [5.74, 6) is 0.939. The van der Waals surface area contributed by atoms with Gasteiger partial charge in [0.1, 0.15) is 0 Å². The molecule has 0 saturated heterocycles. The Balaban J connectivity index is 2.10. The molecular weight excluding hydrogens is 232 g/mol. The van der Waals surface area contributed by atoms with Crippen molar-refractivity contribution < 1.29 is 4.79 Å². The van der Waals surface area contributed by atoms with E-state index in [-0.39, 0.29) is 5.91 Å². The van der Waals surface area contributed by atoms with Crippen LogP contribution in [0.25, 0.3) is 0 Å². The average molecular weight is 250 g/mol. The molecule has 0 radical (unpaired) electrons. The smallest absolute Gasteiger partial charge is 0.244 e. The van der Waals surface area contributed by atoms with Crippen molar-refractivity contribution in [1.29, 1.82) is 0 Å². The fourth-order valence-corrected chi connectivity index (χ4v) is 2.64. The number of carbonyl (C=O) groups is 1. The van der Waals surface area contributed by atoms with E-state index in [9.17, 15) is 4.79 Å². The Kier molecular flexibility index (Phi) is 3.74. The van der Waals surface area contributed by atoms with Gasteiger partial charge in [0.15, 0.2) is 0 Å². The van der Waals surface area contributed by atoms with E-state index in [2.05, 4.69) is 12.2 Å². The molecule has 1 aromatic rings. The lowest BCUT2D eigenvalue weighted by Gasteiger charge is -2.36. The normalized spacial score (nSPS) is 17.3. The van der Waals surface area contributed by atoms with Crippen molar-refractivity contribution in [2.24, 2.45) is 5.73 Å². The average Bonchev–Trinajstić information content (AvgIpc) is 2.29. The molecule has 0 aliphatic heterocycles. The highest BCUT2D eigenvalue weighted by Gasteiger charge is 2.40. The summed E-state index contributed by atoms with van der Waals surface area (Å²) >= 11 is 1.72. The predicted octanol–water partition coefficient (Wildman–Crippen LogP) is 2.62. The molecule has 0 unspecified atom stereocenters. The zero-order valence-electron chi connectivity index (χ0n) is 10.0. The summed E-state index contributed by atoms with van der Waals surface area (Å²) in [5.41, 5.74) is 6.24. The molecule has 1 fully saturated rings. The molecule has 1 aliphatic rings. The van der Waals surface area contributed by atoms with Gasteiger partial charge in [-0.15, -0.1) is 11.8 Å². The van der Waals surface area contributed by atoms with Crippen molar-refractivity contribution in [3.05, 3.63) is 24.3 Å². The van der Waals surface area contributed by atoms with Crippen LogP contribution in [-0.2, 0) is 4.79 Å². The first-order chi connectivity index (χ1) is 8.15. The number of nitrogens with one attached hydrogen (secondary N) is 1. The number of carbonyl (C=O) groups excluding carboxylic acids is 1. The minimum Gasteiger partial charge on any atom is -0.323 e. The van der Waals surface area contributed by atoms with Gasteiger partial charge in [0.2, 0.25) is 5.91 Å². The van der Waals surface area contributed by atoms with Crippen molar-refractivity contribution >= 4 is 23.4 Å². The van der Waals surface area contributed by atoms with Crippen molar-refractivity contribution in [3.8, 4) is 0 Å². The van der Waals surface area contributed by atoms with Gasteiger partial charge in [-0.3, -0.25) is 4.79 Å². The van der Waals surface area contributed by atoms with E-state index in [1.807, 2.05) is 24.3 Å². The van der Waals surface area contributed by atoms with E-state index < -0.39 is 5.54 Å². The molecular formula is C13H18N2OS. The number of rotatable bonds is 4. The number of hydrogen-bond donors (Lipinski definition) is 2. The van der Waals surface area contributed by atoms with Gasteiger partial charge in [-0.2, -0.15) is 0 Å². The molecule has 2 rings (SSSR count). The molecule has 3 N–H and O–H groups in total. The van der Waals surface area contributed by atoms with Gasteiger partial charge in [0.05, 0.1) is 11.2 Å². The maximum atomic E-state index is 12.0. The topological polar surface area (TPSA) is 55.1 Å². The Morgan fingerprint density at radius 1 is 1.47 bits per heavy atom. The second-order valence-corrected chi connectivity index (χ2v) is 5.70. The number of para-hydroxylation sites is 1. The molecule has 4 heteroatoms. The van der Waals surface area contributed by atoms with Crippen molar-refractivity contribution in [2.75, 3.05) is 11.1 Å². The third-order valence-electron chi connectivity index (χ3n) is 3.13. The van der Waals surface area contributed by atoms with E-state index in [1.165, 1.54) is 0 Å². The SMILES string of the molecule is CCSc1ccccc1NC(=O)C1(N)CCC1. The predicted molar refractivity (Wildman–Crippen MR) is 72.2 cm³/mol. The Morgan fingerprint density at radius 3 is 2.76 bits per heavy atom. The fraction of sp³-hybridized carbons (Fsp3) is 0.462. The van der Waals surface area contributed by atoms with Gasteiger partial charge < -0.3 is 11.1 Å². The van der Waals surface area contributed by atoms with Crippen LogP contribution in [0.2, 0.25) is 0 Å². The first-order valence-corrected chi connectivity index (χ1v) is 6.96. The van der Waals surface area contributed by atoms with Crippen LogP contribution in [0.5, 0.6) is 0 Å². The van der Waals surface area contributed by atoms with Crippen LogP contribution < -0.4 is 11.1 Å². The molecule has 1 amide bonds. The lowest BCUT2D eigenvalue weighted by molar-refractivity contribution is -0.123. The van der Waals surface area contributed by atoms with Crippen LogP contribution in [0, 0.1) is 0 Å². The number of amides is 1. The summed E-state index contributed by atoms with van der Waals surface area (Å²) in [6, 6.07) is 7.86. The lowest BCUT2D eigenvalue weighted by atomic mass is 9.77. The number of nitrogens with two attached hydrogens (primary N) is 1. The number of hydrogen-bond acceptors (Lipinski definition) is 3. The molecule has 3 nitrogen and oxygen atoms in total. The van der Waals surface area contributed by atoms with Crippen LogP contribution in [0.15, 0.2) is 29.2 Å². The Hall–Kier alpha value is -1.00. The van der Waals surface area contributed by atoms with Gasteiger partial charge in [0.25, 0.3) is 0 Å². The molecule has 17 heavy (non-hydrogen) atoms. The monoisotopic (exact) mass is 250 g/mol. The molecule has 1 aliphatic carbocycles. The van der Waals surface area contributed by atoms with Crippen molar-refractivity contribution in [3.63, 3.8) is 0 Å². The minimum absolute atomic E-state index is 0.0482. The second kappa shape index (κ2) is 5.10. The summed E-state index contributed by atoms with van der Waals surface area (Å²) in [4.78, 5) is 13.1. The summed E-state index contributed by atoms with van der Waals surface area (Å²) in [5, 5.41) is 2.95. The largest absolute Gasteiger partial charge is 0.323 e. The Morgan fingerprint density at radius 2 is 2.18 bits per heavy atom. The minimum atomic E-state index is -0.635. The van der Waals surface area contributed by atoms with Gasteiger partial charge in [-0.25, -0.2) is 0 Å². The lowest BCUT2D eigenvalue weighted by Crippen LogP contribution is -2.56. The maximum absolute atomic E-state index is 12.0. The highest BCUT2D eigenvalue weighted by molar-refractivity contribution is 7.99. The molecule has 0 atom stereocenters. The van der Waals surface area contributed by atoms with Crippen molar-refractivity contribution in [2.45, 2.75) is 36.6 Å². The summed E-state index contributed by atoms with van der Waals surface area (Å²) < 4.78 is 0. The zero-order valence-corrected chi connectivity index (χ0v) is 10.8. The van der Waals surface area contributed by atoms with Gasteiger partial charge in [0, 0.05) is 4.90 Å². The molecule has 92 valence electrons. The fourth-order valence-electron chi connectivity index (χ4n) is 1.88. The number of anilines is 1. The highest BCUT2D eigenvalue weighted by atomic mass is 32.2. The summed E-state index contributed by atoms with van der Waals surface area (Å²) in [7, 11) is 0. The van der Waals surface area contributed by atoms with E-state index >= 15 is 0 Å². The molecule has 0 heterocycles. The zero-order chi connectivity index (χ0) is 12.3. The van der Waals surface area contributed by atoms with Crippen LogP contribution in [-0.4, -0.2) is 17.2 Å². The summed E-state index contributed by atoms with van der Waals surface area (Å²) in [6.45, 7) is 2.10. The van der Waals surface area contributed by atoms with E-state index in [0.29, 0.717) is 0 Å². The highest BCUT2D eigenvalue weighted by Crippen LogP contribution is 2.32. The third-order valence-corrected chi connectivity index (χ3v) is 4.09. The standard InChI is InChI=1S/C13H18N2OS/c1-2-17-11-7-4-3-6-10(11)15-12(16)13(14)8-5-9-13/h3-4,6-7H,2,5,8-9,14H2,1H3,(H,15,16). The molecule has 0 aromatic heterocycles. The first kappa shape index (κ1) is 12.5. The molecule has 0 spiro atoms. The Bertz CT molecular complexity index is 416. The van der Waals surface area contributed by atoms with Crippen LogP contribution in [0.3, 0.4) is 0 Å². The van der Waals surface area contributed by atoms with Crippen LogP contribution in [0.4, 0.5) is 5.69 Å². The van der Waals surface area contributed by atoms with Crippen molar-refractivity contribution in [1.82, 2.24) is 0 Å². The van der Waals surface area contributed by atoms with E-state index in [1.54, 1.807) is 11.8 Å². The quantitative estimate of drug-likeness (QED) is 0.808. The first-order valence-electron chi connectivity index (χ1n) is 5.98. The van der Waals surface area contributed by atoms with Gasteiger partial charge in [-0.1, -0.05) is 19.1 Å². The molecule has 1 aromatic carbocycles. The number of benzene rings is 1. The van der Waals surface area contributed by atoms with E-state index in [0.717, 1.165) is 35.6 Å².